The molecule has 1 heterocycles. The summed E-state index contributed by atoms with van der Waals surface area (Å²) in [5, 5.41) is 7.68. The topological polar surface area (TPSA) is 56.7 Å². The summed E-state index contributed by atoms with van der Waals surface area (Å²) in [6.45, 7) is 5.30. The lowest BCUT2D eigenvalue weighted by atomic mass is 10.1. The van der Waals surface area contributed by atoms with Gasteiger partial charge in [0.15, 0.2) is 5.96 Å². The number of halogens is 1. The quantitative estimate of drug-likeness (QED) is 0.414. The summed E-state index contributed by atoms with van der Waals surface area (Å²) in [6, 6.07) is 8.27. The van der Waals surface area contributed by atoms with Crippen LogP contribution in [0.3, 0.4) is 0 Å². The number of carbonyl (C=O) groups excluding carboxylic acids is 1. The van der Waals surface area contributed by atoms with Gasteiger partial charge in [-0.3, -0.25) is 9.79 Å². The third-order valence-electron chi connectivity index (χ3n) is 5.72. The molecule has 6 heteroatoms. The molecule has 1 aliphatic carbocycles. The summed E-state index contributed by atoms with van der Waals surface area (Å²) in [4.78, 5) is 19.4. The van der Waals surface area contributed by atoms with E-state index >= 15 is 0 Å². The summed E-state index contributed by atoms with van der Waals surface area (Å²) >= 11 is 6.22. The van der Waals surface area contributed by atoms with Gasteiger partial charge in [0.1, 0.15) is 0 Å². The number of hydrogen-bond acceptors (Lipinski definition) is 2. The molecule has 0 spiro atoms. The first-order chi connectivity index (χ1) is 13.7. The number of amides is 1. The fraction of sp³-hybridized carbons (Fsp3) is 0.636. The summed E-state index contributed by atoms with van der Waals surface area (Å²) < 4.78 is 0. The number of nitrogens with one attached hydrogen (secondary N) is 2. The zero-order valence-electron chi connectivity index (χ0n) is 16.9. The number of guanidine groups is 1. The maximum absolute atomic E-state index is 12.6. The molecule has 2 aliphatic rings. The normalized spacial score (nSPS) is 20.6. The number of benzene rings is 1. The van der Waals surface area contributed by atoms with Crippen molar-refractivity contribution in [3.63, 3.8) is 0 Å². The molecule has 0 aromatic heterocycles. The van der Waals surface area contributed by atoms with Gasteiger partial charge in [0.2, 0.25) is 5.91 Å². The molecule has 1 aromatic rings. The SMILES string of the molecule is CCNC(=NCCCc1ccccc1Cl)NC1CCN(C(=O)C2CCCC2)C1. The Morgan fingerprint density at radius 3 is 2.79 bits per heavy atom. The van der Waals surface area contributed by atoms with Crippen LogP contribution in [0.1, 0.15) is 51.0 Å². The monoisotopic (exact) mass is 404 g/mol. The molecule has 0 radical (unpaired) electrons. The molecule has 1 saturated heterocycles. The van der Waals surface area contributed by atoms with Crippen LogP contribution in [0, 0.1) is 5.92 Å². The number of carbonyl (C=O) groups is 1. The Labute approximate surface area is 173 Å². The number of aliphatic imine (C=N–C) groups is 1. The van der Waals surface area contributed by atoms with Crippen LogP contribution in [0.4, 0.5) is 0 Å². The summed E-state index contributed by atoms with van der Waals surface area (Å²) in [5.74, 6) is 1.48. The Morgan fingerprint density at radius 2 is 2.04 bits per heavy atom. The van der Waals surface area contributed by atoms with Crippen LogP contribution in [0.25, 0.3) is 0 Å². The average Bonchev–Trinajstić information content (AvgIpc) is 3.38. The van der Waals surface area contributed by atoms with Gasteiger partial charge in [-0.25, -0.2) is 0 Å². The maximum Gasteiger partial charge on any atom is 0.225 e. The maximum atomic E-state index is 12.6. The smallest absolute Gasteiger partial charge is 0.225 e. The van der Waals surface area contributed by atoms with Crippen LogP contribution in [-0.4, -0.2) is 49.0 Å². The van der Waals surface area contributed by atoms with Crippen LogP contribution in [0.15, 0.2) is 29.3 Å². The standard InChI is InChI=1S/C22H33ClN4O/c1-2-24-22(25-14-7-11-17-8-5-6-12-20(17)23)26-19-13-15-27(16-19)21(28)18-9-3-4-10-18/h5-6,8,12,18-19H,2-4,7,9-11,13-16H2,1H3,(H2,24,25,26). The van der Waals surface area contributed by atoms with Gasteiger partial charge in [-0.1, -0.05) is 42.6 Å². The molecular weight excluding hydrogens is 372 g/mol. The second-order valence-electron chi connectivity index (χ2n) is 7.85. The predicted molar refractivity (Wildman–Crippen MR) is 116 cm³/mol. The van der Waals surface area contributed by atoms with E-state index < -0.39 is 0 Å². The minimum atomic E-state index is 0.269. The molecule has 1 aromatic carbocycles. The molecule has 1 amide bonds. The molecule has 1 unspecified atom stereocenters. The van der Waals surface area contributed by atoms with Gasteiger partial charge >= 0.3 is 0 Å². The van der Waals surface area contributed by atoms with E-state index in [0.29, 0.717) is 5.91 Å². The molecule has 3 rings (SSSR count). The lowest BCUT2D eigenvalue weighted by molar-refractivity contribution is -0.134. The highest BCUT2D eigenvalue weighted by molar-refractivity contribution is 6.31. The number of aryl methyl sites for hydroxylation is 1. The van der Waals surface area contributed by atoms with Crippen molar-refractivity contribution in [3.05, 3.63) is 34.9 Å². The third kappa shape index (κ3) is 5.87. The Bertz CT molecular complexity index is 672. The molecule has 2 fully saturated rings. The number of nitrogens with zero attached hydrogens (tertiary/aromatic N) is 2. The Kier molecular flexibility index (Phi) is 8.01. The van der Waals surface area contributed by atoms with E-state index in [0.717, 1.165) is 69.3 Å². The molecule has 1 saturated carbocycles. The van der Waals surface area contributed by atoms with Gasteiger partial charge in [0.25, 0.3) is 0 Å². The first-order valence-corrected chi connectivity index (χ1v) is 11.1. The Balaban J connectivity index is 1.45. The molecule has 1 atom stereocenters. The van der Waals surface area contributed by atoms with Crippen molar-refractivity contribution in [1.82, 2.24) is 15.5 Å². The van der Waals surface area contributed by atoms with Gasteiger partial charge in [0, 0.05) is 43.2 Å². The highest BCUT2D eigenvalue weighted by Gasteiger charge is 2.32. The van der Waals surface area contributed by atoms with E-state index in [9.17, 15) is 4.79 Å². The largest absolute Gasteiger partial charge is 0.357 e. The van der Waals surface area contributed by atoms with Crippen molar-refractivity contribution < 1.29 is 4.79 Å². The van der Waals surface area contributed by atoms with Crippen molar-refractivity contribution >= 4 is 23.5 Å². The van der Waals surface area contributed by atoms with Gasteiger partial charge in [-0.15, -0.1) is 0 Å². The van der Waals surface area contributed by atoms with Crippen LogP contribution in [0.5, 0.6) is 0 Å². The minimum Gasteiger partial charge on any atom is -0.357 e. The van der Waals surface area contributed by atoms with Crippen LogP contribution < -0.4 is 10.6 Å². The van der Waals surface area contributed by atoms with Crippen LogP contribution >= 0.6 is 11.6 Å². The highest BCUT2D eigenvalue weighted by atomic mass is 35.5. The number of likely N-dealkylation sites (tertiary alicyclic amines) is 1. The minimum absolute atomic E-state index is 0.269. The molecule has 5 nitrogen and oxygen atoms in total. The van der Waals surface area contributed by atoms with E-state index in [4.69, 9.17) is 16.6 Å². The first-order valence-electron chi connectivity index (χ1n) is 10.7. The van der Waals surface area contributed by atoms with E-state index in [-0.39, 0.29) is 12.0 Å². The van der Waals surface area contributed by atoms with Gasteiger partial charge in [-0.05, 0) is 50.7 Å². The first kappa shape index (κ1) is 21.0. The molecule has 154 valence electrons. The van der Waals surface area contributed by atoms with Gasteiger partial charge in [-0.2, -0.15) is 0 Å². The molecule has 0 bridgehead atoms. The fourth-order valence-electron chi connectivity index (χ4n) is 4.18. The van der Waals surface area contributed by atoms with E-state index in [1.54, 1.807) is 0 Å². The van der Waals surface area contributed by atoms with E-state index in [1.807, 2.05) is 18.2 Å². The molecule has 2 N–H and O–H groups in total. The van der Waals surface area contributed by atoms with Crippen molar-refractivity contribution in [2.45, 2.75) is 57.9 Å². The molecule has 28 heavy (non-hydrogen) atoms. The van der Waals surface area contributed by atoms with Crippen LogP contribution in [0.2, 0.25) is 5.02 Å². The third-order valence-corrected chi connectivity index (χ3v) is 6.09. The number of hydrogen-bond donors (Lipinski definition) is 2. The lowest BCUT2D eigenvalue weighted by Gasteiger charge is -2.21. The Hall–Kier alpha value is -1.75. The second-order valence-corrected chi connectivity index (χ2v) is 8.26. The zero-order chi connectivity index (χ0) is 19.8. The summed E-state index contributed by atoms with van der Waals surface area (Å²) in [5.41, 5.74) is 1.18. The second kappa shape index (κ2) is 10.7. The summed E-state index contributed by atoms with van der Waals surface area (Å²) in [6.07, 6.45) is 7.43. The van der Waals surface area contributed by atoms with E-state index in [2.05, 4.69) is 28.5 Å². The van der Waals surface area contributed by atoms with Gasteiger partial charge < -0.3 is 15.5 Å². The Morgan fingerprint density at radius 1 is 1.25 bits per heavy atom. The average molecular weight is 405 g/mol. The molecule has 1 aliphatic heterocycles. The highest BCUT2D eigenvalue weighted by Crippen LogP contribution is 2.27. The zero-order valence-corrected chi connectivity index (χ0v) is 17.7. The predicted octanol–water partition coefficient (Wildman–Crippen LogP) is 3.62. The van der Waals surface area contributed by atoms with Crippen molar-refractivity contribution in [2.75, 3.05) is 26.2 Å². The van der Waals surface area contributed by atoms with Gasteiger partial charge in [0.05, 0.1) is 0 Å². The van der Waals surface area contributed by atoms with Crippen molar-refractivity contribution in [1.29, 1.82) is 0 Å². The number of rotatable bonds is 7. The lowest BCUT2D eigenvalue weighted by Crippen LogP contribution is -2.45. The molecular formula is C22H33ClN4O. The fourth-order valence-corrected chi connectivity index (χ4v) is 4.41. The van der Waals surface area contributed by atoms with E-state index in [1.165, 1.54) is 18.4 Å². The van der Waals surface area contributed by atoms with Crippen LogP contribution in [-0.2, 0) is 11.2 Å². The van der Waals surface area contributed by atoms with Crippen molar-refractivity contribution in [3.8, 4) is 0 Å². The van der Waals surface area contributed by atoms with Crippen molar-refractivity contribution in [2.24, 2.45) is 10.9 Å². The summed E-state index contributed by atoms with van der Waals surface area (Å²) in [7, 11) is 0.